The van der Waals surface area contributed by atoms with Crippen molar-refractivity contribution in [3.8, 4) is 0 Å². The van der Waals surface area contributed by atoms with Gasteiger partial charge in [-0.2, -0.15) is 0 Å². The van der Waals surface area contributed by atoms with Crippen LogP contribution in [0, 0.1) is 0 Å². The zero-order valence-corrected chi connectivity index (χ0v) is 35.0. The molecule has 1 amide bonds. The minimum absolute atomic E-state index is 0.189. The number of nitrogens with one attached hydrogen (secondary N) is 1. The number of aliphatic hydroxyl groups is 5. The minimum Gasteiger partial charge on any atom is -0.394 e. The molecule has 1 saturated heterocycles. The molecule has 0 radical (unpaired) electrons. The van der Waals surface area contributed by atoms with E-state index in [4.69, 9.17) is 9.47 Å². The minimum atomic E-state index is -1.56. The van der Waals surface area contributed by atoms with Gasteiger partial charge in [0, 0.05) is 6.42 Å². The molecule has 1 aliphatic heterocycles. The Morgan fingerprint density at radius 1 is 0.611 bits per heavy atom. The summed E-state index contributed by atoms with van der Waals surface area (Å²) in [4.78, 5) is 12.4. The topological polar surface area (TPSA) is 149 Å². The first-order chi connectivity index (χ1) is 26.3. The molecule has 6 N–H and O–H groups in total. The van der Waals surface area contributed by atoms with E-state index in [2.05, 4.69) is 12.2 Å². The third-order valence-electron chi connectivity index (χ3n) is 11.1. The molecule has 1 heterocycles. The van der Waals surface area contributed by atoms with Crippen LogP contribution in [-0.2, 0) is 14.3 Å². The van der Waals surface area contributed by atoms with Gasteiger partial charge in [-0.15, -0.1) is 0 Å². The molecule has 54 heavy (non-hydrogen) atoms. The highest BCUT2D eigenvalue weighted by Gasteiger charge is 2.44. The monoisotopic (exact) mass is 770 g/mol. The SMILES string of the molecule is CCCCCCCCCCCCCCCCCCCCCCCCCCCCC/C=C/C(O)C(COC1OC(CO)C(O)C(O)C1O)NC(=O)CCCC. The number of hydrogen-bond donors (Lipinski definition) is 6. The van der Waals surface area contributed by atoms with Gasteiger partial charge in [-0.3, -0.25) is 4.79 Å². The van der Waals surface area contributed by atoms with Crippen molar-refractivity contribution in [2.75, 3.05) is 13.2 Å². The quantitative estimate of drug-likeness (QED) is 0.0269. The summed E-state index contributed by atoms with van der Waals surface area (Å²) in [5.41, 5.74) is 0. The molecule has 0 aromatic carbocycles. The predicted molar refractivity (Wildman–Crippen MR) is 221 cm³/mol. The maximum atomic E-state index is 12.4. The molecule has 7 atom stereocenters. The number of unbranched alkanes of at least 4 members (excludes halogenated alkanes) is 28. The number of carbonyl (C=O) groups excluding carboxylic acids is 1. The van der Waals surface area contributed by atoms with Gasteiger partial charge < -0.3 is 40.3 Å². The molecule has 9 nitrogen and oxygen atoms in total. The Hall–Kier alpha value is -1.07. The number of ether oxygens (including phenoxy) is 2. The highest BCUT2D eigenvalue weighted by Crippen LogP contribution is 2.23. The fourth-order valence-electron chi connectivity index (χ4n) is 7.37. The van der Waals surface area contributed by atoms with E-state index in [0.717, 1.165) is 32.1 Å². The largest absolute Gasteiger partial charge is 0.394 e. The van der Waals surface area contributed by atoms with E-state index in [1.165, 1.54) is 161 Å². The standard InChI is InChI=1S/C45H87NO8/c1-3-5-7-8-9-10-11-12-13-14-15-16-17-18-19-20-21-22-23-24-25-26-27-28-29-30-31-32-33-34-39(48)38(46-41(49)35-6-4-2)37-53-45-44(52)43(51)42(50)40(36-47)54-45/h33-34,38-40,42-45,47-48,50-52H,3-32,35-37H2,1-2H3,(H,46,49)/b34-33+. The molecule has 9 heteroatoms. The van der Waals surface area contributed by atoms with Crippen LogP contribution < -0.4 is 5.32 Å². The highest BCUT2D eigenvalue weighted by atomic mass is 16.7. The maximum absolute atomic E-state index is 12.4. The van der Waals surface area contributed by atoms with Crippen LogP contribution in [0.5, 0.6) is 0 Å². The van der Waals surface area contributed by atoms with Crippen molar-refractivity contribution in [1.82, 2.24) is 5.32 Å². The number of hydrogen-bond acceptors (Lipinski definition) is 8. The van der Waals surface area contributed by atoms with E-state index in [9.17, 15) is 30.3 Å². The van der Waals surface area contributed by atoms with Gasteiger partial charge in [-0.1, -0.05) is 199 Å². The van der Waals surface area contributed by atoms with Gasteiger partial charge >= 0.3 is 0 Å². The summed E-state index contributed by atoms with van der Waals surface area (Å²) < 4.78 is 11.0. The van der Waals surface area contributed by atoms with Crippen LogP contribution in [0.4, 0.5) is 0 Å². The van der Waals surface area contributed by atoms with Crippen molar-refractivity contribution in [2.45, 2.75) is 256 Å². The number of allylic oxidation sites excluding steroid dienone is 1. The predicted octanol–water partition coefficient (Wildman–Crippen LogP) is 9.34. The lowest BCUT2D eigenvalue weighted by Crippen LogP contribution is -2.60. The summed E-state index contributed by atoms with van der Waals surface area (Å²) in [6.45, 7) is 3.53. The maximum Gasteiger partial charge on any atom is 0.220 e. The Morgan fingerprint density at radius 2 is 1.02 bits per heavy atom. The van der Waals surface area contributed by atoms with E-state index in [-0.39, 0.29) is 12.5 Å². The normalized spacial score (nSPS) is 21.5. The summed E-state index contributed by atoms with van der Waals surface area (Å²) in [5, 5.41) is 53.4. The van der Waals surface area contributed by atoms with Crippen molar-refractivity contribution in [3.63, 3.8) is 0 Å². The van der Waals surface area contributed by atoms with Gasteiger partial charge in [0.15, 0.2) is 6.29 Å². The van der Waals surface area contributed by atoms with Crippen molar-refractivity contribution >= 4 is 5.91 Å². The van der Waals surface area contributed by atoms with Crippen molar-refractivity contribution in [3.05, 3.63) is 12.2 Å². The van der Waals surface area contributed by atoms with Crippen LogP contribution in [-0.4, -0.2) is 87.5 Å². The van der Waals surface area contributed by atoms with Crippen LogP contribution in [0.2, 0.25) is 0 Å². The van der Waals surface area contributed by atoms with Crippen LogP contribution in [0.25, 0.3) is 0 Å². The van der Waals surface area contributed by atoms with Crippen molar-refractivity contribution in [2.24, 2.45) is 0 Å². The number of amides is 1. The molecule has 0 spiro atoms. The van der Waals surface area contributed by atoms with Crippen LogP contribution >= 0.6 is 0 Å². The van der Waals surface area contributed by atoms with E-state index in [1.54, 1.807) is 6.08 Å². The Labute approximate surface area is 331 Å². The molecule has 0 aromatic rings. The second-order valence-electron chi connectivity index (χ2n) is 16.2. The lowest BCUT2D eigenvalue weighted by Gasteiger charge is -2.40. The zero-order chi connectivity index (χ0) is 39.5. The van der Waals surface area contributed by atoms with Gasteiger partial charge in [0.05, 0.1) is 25.4 Å². The highest BCUT2D eigenvalue weighted by molar-refractivity contribution is 5.76. The molecule has 1 aliphatic rings. The molecule has 0 aliphatic carbocycles. The molecule has 1 rings (SSSR count). The first-order valence-electron chi connectivity index (χ1n) is 22.9. The van der Waals surface area contributed by atoms with E-state index >= 15 is 0 Å². The summed E-state index contributed by atoms with van der Waals surface area (Å²) in [6.07, 6.45) is 35.5. The molecule has 7 unspecified atom stereocenters. The lowest BCUT2D eigenvalue weighted by atomic mass is 9.99. The average molecular weight is 770 g/mol. The molecule has 0 bridgehead atoms. The zero-order valence-electron chi connectivity index (χ0n) is 35.0. The summed E-state index contributed by atoms with van der Waals surface area (Å²) in [7, 11) is 0. The van der Waals surface area contributed by atoms with E-state index < -0.39 is 49.5 Å². The molecule has 1 fully saturated rings. The fourth-order valence-corrected chi connectivity index (χ4v) is 7.37. The molecular weight excluding hydrogens is 682 g/mol. The van der Waals surface area contributed by atoms with E-state index in [0.29, 0.717) is 6.42 Å². The first-order valence-corrected chi connectivity index (χ1v) is 22.9. The molecule has 0 saturated carbocycles. The second kappa shape index (κ2) is 36.3. The second-order valence-corrected chi connectivity index (χ2v) is 16.2. The molecular formula is C45H87NO8. The van der Waals surface area contributed by atoms with Gasteiger partial charge in [0.25, 0.3) is 0 Å². The Balaban J connectivity index is 2.02. The van der Waals surface area contributed by atoms with E-state index in [1.807, 2.05) is 13.0 Å². The molecule has 320 valence electrons. The van der Waals surface area contributed by atoms with Crippen LogP contribution in [0.15, 0.2) is 12.2 Å². The smallest absolute Gasteiger partial charge is 0.220 e. The number of carbonyl (C=O) groups is 1. The number of rotatable bonds is 38. The van der Waals surface area contributed by atoms with Crippen molar-refractivity contribution < 1.29 is 39.8 Å². The Kier molecular flexibility index (Phi) is 34.2. The third-order valence-corrected chi connectivity index (χ3v) is 11.1. The van der Waals surface area contributed by atoms with Crippen LogP contribution in [0.3, 0.4) is 0 Å². The van der Waals surface area contributed by atoms with Crippen LogP contribution in [0.1, 0.15) is 213 Å². The number of aliphatic hydroxyl groups excluding tert-OH is 5. The van der Waals surface area contributed by atoms with Gasteiger partial charge in [0.1, 0.15) is 24.4 Å². The Bertz CT molecular complexity index is 858. The van der Waals surface area contributed by atoms with Gasteiger partial charge in [-0.05, 0) is 19.3 Å². The fraction of sp³-hybridized carbons (Fsp3) is 0.933. The lowest BCUT2D eigenvalue weighted by molar-refractivity contribution is -0.302. The van der Waals surface area contributed by atoms with Gasteiger partial charge in [-0.25, -0.2) is 0 Å². The third kappa shape index (κ3) is 26.7. The summed E-state index contributed by atoms with van der Waals surface area (Å²) in [6, 6.07) is -0.795. The van der Waals surface area contributed by atoms with Crippen molar-refractivity contribution in [1.29, 1.82) is 0 Å². The molecule has 0 aromatic heterocycles. The summed E-state index contributed by atoms with van der Waals surface area (Å²) in [5.74, 6) is -0.211. The average Bonchev–Trinajstić information content (AvgIpc) is 3.17. The van der Waals surface area contributed by atoms with Gasteiger partial charge in [0.2, 0.25) is 5.91 Å². The first kappa shape index (κ1) is 50.9. The summed E-state index contributed by atoms with van der Waals surface area (Å²) >= 11 is 0. The Morgan fingerprint density at radius 3 is 1.43 bits per heavy atom.